The van der Waals surface area contributed by atoms with Crippen LogP contribution in [-0.4, -0.2) is 58.6 Å². The van der Waals surface area contributed by atoms with Gasteiger partial charge in [-0.25, -0.2) is 9.69 Å². The molecule has 12 heteroatoms. The molecule has 0 spiro atoms. The molecule has 0 unspecified atom stereocenters. The van der Waals surface area contributed by atoms with Gasteiger partial charge in [0.05, 0.1) is 49.1 Å². The molecule has 6 aromatic carbocycles. The van der Waals surface area contributed by atoms with Gasteiger partial charge >= 0.3 is 0 Å². The van der Waals surface area contributed by atoms with Gasteiger partial charge in [0.2, 0.25) is 11.8 Å². The van der Waals surface area contributed by atoms with Gasteiger partial charge < -0.3 is 31.1 Å². The Hall–Kier alpha value is -8.22. The first kappa shape index (κ1) is 50.0. The molecule has 384 valence electrons. The van der Waals surface area contributed by atoms with E-state index in [9.17, 15) is 19.2 Å². The van der Waals surface area contributed by atoms with Gasteiger partial charge in [-0.05, 0) is 97.2 Å². The summed E-state index contributed by atoms with van der Waals surface area (Å²) in [5.41, 5.74) is 8.86. The number of benzene rings is 6. The Morgan fingerprint density at radius 3 is 1.21 bits per heavy atom. The third-order valence-electron chi connectivity index (χ3n) is 17.1. The highest BCUT2D eigenvalue weighted by atomic mass is 16.2. The summed E-state index contributed by atoms with van der Waals surface area (Å²) in [7, 11) is 0. The number of carbonyl (C=O) groups is 4. The molecule has 0 bridgehead atoms. The number of nitrogens with zero attached hydrogens (tertiary/aromatic N) is 4. The Morgan fingerprint density at radius 2 is 0.829 bits per heavy atom. The zero-order chi connectivity index (χ0) is 52.1. The fraction of sp³-hybridized carbons (Fsp3) is 0.344. The van der Waals surface area contributed by atoms with E-state index in [4.69, 9.17) is 13.1 Å². The van der Waals surface area contributed by atoms with Crippen molar-refractivity contribution in [3.05, 3.63) is 214 Å². The minimum atomic E-state index is -0.230. The summed E-state index contributed by atoms with van der Waals surface area (Å²) in [5, 5.41) is 13.8. The second-order valence-electron chi connectivity index (χ2n) is 21.4. The summed E-state index contributed by atoms with van der Waals surface area (Å²) in [6, 6.07) is 50.6. The molecule has 12 rings (SSSR count). The molecular weight excluding hydrogens is 945 g/mol. The number of amides is 4. The molecule has 4 N–H and O–H groups in total. The number of fused-ring (bicyclic) bond motifs is 6. The molecule has 4 fully saturated rings. The van der Waals surface area contributed by atoms with Gasteiger partial charge in [0.15, 0.2) is 11.4 Å². The SMILES string of the molecule is [C-]#[N+]c1ccc2c(c1)N[C@@H](c1ccccc1)[C@H]1CCN(C(=O)[C@H]3CCCC[C@H]3NC(=O)c3ccccc3)[C@@H]21.[C-]#[N+]c1ccc2c(c1)N[C@H](c1ccccc1)[C@@H]1CCN(C(=O)[C@H]3CCCC[C@H]3NC(=O)c3ccccc3)[C@H]21. The van der Waals surface area contributed by atoms with E-state index in [0.29, 0.717) is 35.6 Å². The van der Waals surface area contributed by atoms with Crippen LogP contribution in [0.15, 0.2) is 158 Å². The number of hydrogen-bond acceptors (Lipinski definition) is 6. The predicted octanol–water partition coefficient (Wildman–Crippen LogP) is 12.6. The Balaban J connectivity index is 0.000000162. The second-order valence-corrected chi connectivity index (χ2v) is 21.4. The lowest BCUT2D eigenvalue weighted by molar-refractivity contribution is -0.139. The summed E-state index contributed by atoms with van der Waals surface area (Å²) in [6.07, 6.45) is 9.03. The largest absolute Gasteiger partial charge is 0.379 e. The molecule has 12 nitrogen and oxygen atoms in total. The molecule has 6 aliphatic rings. The first-order chi connectivity index (χ1) is 37.3. The molecule has 0 aromatic heterocycles. The van der Waals surface area contributed by atoms with Crippen molar-refractivity contribution in [1.82, 2.24) is 20.4 Å². The van der Waals surface area contributed by atoms with Crippen LogP contribution in [0.2, 0.25) is 0 Å². The highest BCUT2D eigenvalue weighted by Gasteiger charge is 2.50. The minimum absolute atomic E-state index is 0.0591. The maximum atomic E-state index is 14.3. The van der Waals surface area contributed by atoms with Crippen molar-refractivity contribution in [2.45, 2.75) is 100 Å². The third-order valence-corrected chi connectivity index (χ3v) is 17.1. The lowest BCUT2D eigenvalue weighted by Crippen LogP contribution is -2.50. The van der Waals surface area contributed by atoms with Crippen LogP contribution in [-0.2, 0) is 9.59 Å². The Labute approximate surface area is 445 Å². The molecule has 2 saturated carbocycles. The van der Waals surface area contributed by atoms with E-state index in [-0.39, 0.29) is 83.6 Å². The Bertz CT molecular complexity index is 2950. The highest BCUT2D eigenvalue weighted by molar-refractivity contribution is 5.95. The van der Waals surface area contributed by atoms with Gasteiger partial charge in [0.25, 0.3) is 11.8 Å². The Kier molecular flexibility index (Phi) is 14.7. The fourth-order valence-corrected chi connectivity index (χ4v) is 13.5. The lowest BCUT2D eigenvalue weighted by atomic mass is 9.79. The van der Waals surface area contributed by atoms with Crippen LogP contribution in [0.25, 0.3) is 9.69 Å². The smallest absolute Gasteiger partial charge is 0.251 e. The molecule has 10 atom stereocenters. The van der Waals surface area contributed by atoms with Gasteiger partial charge in [0, 0.05) is 59.5 Å². The minimum Gasteiger partial charge on any atom is -0.379 e. The number of carbonyl (C=O) groups excluding carboxylic acids is 4. The molecule has 4 aliphatic heterocycles. The van der Waals surface area contributed by atoms with Crippen molar-refractivity contribution in [1.29, 1.82) is 0 Å². The van der Waals surface area contributed by atoms with Gasteiger partial charge in [-0.1, -0.05) is 147 Å². The summed E-state index contributed by atoms with van der Waals surface area (Å²) >= 11 is 0. The third kappa shape index (κ3) is 10.0. The van der Waals surface area contributed by atoms with Crippen molar-refractivity contribution in [2.75, 3.05) is 23.7 Å². The predicted molar refractivity (Wildman–Crippen MR) is 295 cm³/mol. The molecule has 0 radical (unpaired) electrons. The number of rotatable bonds is 8. The molecule has 76 heavy (non-hydrogen) atoms. The van der Waals surface area contributed by atoms with E-state index in [1.807, 2.05) is 109 Å². The van der Waals surface area contributed by atoms with Crippen molar-refractivity contribution in [3.8, 4) is 0 Å². The van der Waals surface area contributed by atoms with Crippen LogP contribution in [0.4, 0.5) is 22.7 Å². The molecule has 6 aromatic rings. The van der Waals surface area contributed by atoms with Crippen LogP contribution in [0.1, 0.15) is 131 Å². The van der Waals surface area contributed by atoms with E-state index in [0.717, 1.165) is 86.7 Å². The van der Waals surface area contributed by atoms with E-state index in [1.54, 1.807) is 0 Å². The first-order valence-corrected chi connectivity index (χ1v) is 27.3. The number of nitrogens with one attached hydrogen (secondary N) is 4. The summed E-state index contributed by atoms with van der Waals surface area (Å²) in [5.74, 6) is 0.0590. The van der Waals surface area contributed by atoms with Crippen LogP contribution in [0.5, 0.6) is 0 Å². The average molecular weight is 1010 g/mol. The highest BCUT2D eigenvalue weighted by Crippen LogP contribution is 2.54. The van der Waals surface area contributed by atoms with Gasteiger partial charge in [-0.15, -0.1) is 0 Å². The van der Waals surface area contributed by atoms with Gasteiger partial charge in [0.1, 0.15) is 0 Å². The van der Waals surface area contributed by atoms with Crippen LogP contribution in [0.3, 0.4) is 0 Å². The topological polar surface area (TPSA) is 132 Å². The summed E-state index contributed by atoms with van der Waals surface area (Å²) in [6.45, 7) is 16.4. The van der Waals surface area contributed by atoms with E-state index in [2.05, 4.69) is 89.3 Å². The quantitative estimate of drug-likeness (QED) is 0.112. The molecular formula is C64H64N8O4. The van der Waals surface area contributed by atoms with E-state index >= 15 is 0 Å². The normalized spacial score (nSPS) is 25.9. The van der Waals surface area contributed by atoms with Crippen LogP contribution in [0, 0.1) is 36.8 Å². The standard InChI is InChI=1S/2C32H32N4O2/c2*1-33-23-16-17-24-28(20-23)34-29(21-10-4-2-5-11-21)26-18-19-36(30(24)26)32(38)25-14-8-9-15-27(25)35-31(37)22-12-6-3-7-13-22/h2*2-7,10-13,16-17,20,25-27,29-30,34H,8-9,14-15,18-19H2,(H,35,37)/t25-,26+,27+,29-,30-;25-,26-,27+,29+,30+/m00/s1. The van der Waals surface area contributed by atoms with Gasteiger partial charge in [-0.2, -0.15) is 0 Å². The lowest BCUT2D eigenvalue weighted by Gasteiger charge is -2.42. The second kappa shape index (κ2) is 22.3. The average Bonchev–Trinajstić information content (AvgIpc) is 4.24. The summed E-state index contributed by atoms with van der Waals surface area (Å²) < 4.78 is 0. The van der Waals surface area contributed by atoms with Crippen molar-refractivity contribution in [2.24, 2.45) is 23.7 Å². The van der Waals surface area contributed by atoms with E-state index < -0.39 is 0 Å². The number of anilines is 2. The summed E-state index contributed by atoms with van der Waals surface area (Å²) in [4.78, 5) is 65.9. The van der Waals surface area contributed by atoms with Gasteiger partial charge in [-0.3, -0.25) is 19.2 Å². The zero-order valence-corrected chi connectivity index (χ0v) is 42.7. The van der Waals surface area contributed by atoms with Crippen molar-refractivity contribution in [3.63, 3.8) is 0 Å². The van der Waals surface area contributed by atoms with Crippen molar-refractivity contribution >= 4 is 46.4 Å². The zero-order valence-electron chi connectivity index (χ0n) is 42.7. The van der Waals surface area contributed by atoms with Crippen molar-refractivity contribution < 1.29 is 19.2 Å². The Morgan fingerprint density at radius 1 is 0.461 bits per heavy atom. The van der Waals surface area contributed by atoms with E-state index in [1.165, 1.54) is 11.1 Å². The fourth-order valence-electron chi connectivity index (χ4n) is 13.5. The maximum absolute atomic E-state index is 14.3. The van der Waals surface area contributed by atoms with Crippen LogP contribution < -0.4 is 21.3 Å². The number of hydrogen-bond donors (Lipinski definition) is 4. The molecule has 2 saturated heterocycles. The monoisotopic (exact) mass is 1010 g/mol. The molecule has 4 amide bonds. The van der Waals surface area contributed by atoms with Crippen LogP contribution >= 0.6 is 0 Å². The number of likely N-dealkylation sites (tertiary alicyclic amines) is 2. The molecule has 2 aliphatic carbocycles. The first-order valence-electron chi connectivity index (χ1n) is 27.3. The maximum Gasteiger partial charge on any atom is 0.251 e. The molecule has 4 heterocycles.